The fourth-order valence-electron chi connectivity index (χ4n) is 4.20. The molecule has 5 N–H and O–H groups in total. The zero-order valence-electron chi connectivity index (χ0n) is 20.0. The van der Waals surface area contributed by atoms with Crippen molar-refractivity contribution in [2.45, 2.75) is 70.5 Å². The first kappa shape index (κ1) is 26.5. The number of carbonyl (C=O) groups excluding carboxylic acids is 3. The van der Waals surface area contributed by atoms with Crippen LogP contribution in [0.2, 0.25) is 0 Å². The van der Waals surface area contributed by atoms with E-state index >= 15 is 0 Å². The minimum Gasteiger partial charge on any atom is -0.387 e. The van der Waals surface area contributed by atoms with E-state index in [1.54, 1.807) is 6.92 Å². The summed E-state index contributed by atoms with van der Waals surface area (Å²) >= 11 is 0. The third-order valence-corrected chi connectivity index (χ3v) is 6.13. The van der Waals surface area contributed by atoms with Crippen LogP contribution in [0.25, 0.3) is 0 Å². The van der Waals surface area contributed by atoms with E-state index in [4.69, 9.17) is 10.5 Å². The lowest BCUT2D eigenvalue weighted by molar-refractivity contribution is -0.130. The molecule has 5 atom stereocenters. The van der Waals surface area contributed by atoms with Crippen LogP contribution in [0.5, 0.6) is 0 Å². The molecule has 1 saturated heterocycles. The lowest BCUT2D eigenvalue weighted by Crippen LogP contribution is -2.42. The topological polar surface area (TPSA) is 170 Å². The molecular formula is C24H33N5O6. The molecule has 0 unspecified atom stereocenters. The molecule has 35 heavy (non-hydrogen) atoms. The van der Waals surface area contributed by atoms with Gasteiger partial charge in [0.1, 0.15) is 24.1 Å². The van der Waals surface area contributed by atoms with Crippen molar-refractivity contribution in [2.24, 2.45) is 11.7 Å². The number of ketones is 1. The number of nitrogens with zero attached hydrogens (tertiary/aromatic N) is 3. The van der Waals surface area contributed by atoms with Gasteiger partial charge in [-0.3, -0.25) is 14.4 Å². The van der Waals surface area contributed by atoms with Crippen LogP contribution >= 0.6 is 0 Å². The molecule has 1 aromatic carbocycles. The maximum atomic E-state index is 13.0. The van der Waals surface area contributed by atoms with Gasteiger partial charge in [-0.15, -0.1) is 5.10 Å². The maximum Gasteiger partial charge on any atom is 0.271 e. The number of aromatic nitrogens is 3. The van der Waals surface area contributed by atoms with E-state index in [-0.39, 0.29) is 30.3 Å². The van der Waals surface area contributed by atoms with Crippen LogP contribution in [-0.4, -0.2) is 67.7 Å². The average Bonchev–Trinajstić information content (AvgIpc) is 3.38. The normalized spacial score (nSPS) is 22.6. The molecule has 0 spiro atoms. The van der Waals surface area contributed by atoms with Crippen LogP contribution < -0.4 is 11.1 Å². The van der Waals surface area contributed by atoms with Crippen LogP contribution in [0.15, 0.2) is 30.3 Å². The van der Waals surface area contributed by atoms with Gasteiger partial charge in [-0.25, -0.2) is 4.68 Å². The van der Waals surface area contributed by atoms with Crippen LogP contribution in [0.3, 0.4) is 0 Å². The number of ether oxygens (including phenoxy) is 1. The molecule has 3 rings (SSSR count). The Morgan fingerprint density at radius 1 is 1.17 bits per heavy atom. The van der Waals surface area contributed by atoms with E-state index in [1.165, 1.54) is 4.68 Å². The fourth-order valence-corrected chi connectivity index (χ4v) is 4.20. The number of hydrogen-bond acceptors (Lipinski definition) is 8. The number of carbonyl (C=O) groups is 3. The zero-order chi connectivity index (χ0) is 25.5. The number of aliphatic hydroxyl groups is 2. The van der Waals surface area contributed by atoms with Crippen LogP contribution in [-0.2, 0) is 27.2 Å². The Morgan fingerprint density at radius 3 is 2.51 bits per heavy atom. The number of rotatable bonds is 12. The van der Waals surface area contributed by atoms with Gasteiger partial charge in [0.15, 0.2) is 11.9 Å². The van der Waals surface area contributed by atoms with Crippen LogP contribution in [0.4, 0.5) is 0 Å². The summed E-state index contributed by atoms with van der Waals surface area (Å²) in [5.74, 6) is -1.68. The Bertz CT molecular complexity index is 1030. The minimum absolute atomic E-state index is 0.0155. The van der Waals surface area contributed by atoms with E-state index in [2.05, 4.69) is 15.6 Å². The van der Waals surface area contributed by atoms with Crippen molar-refractivity contribution in [1.29, 1.82) is 0 Å². The molecule has 2 aromatic rings. The molecule has 2 amide bonds. The van der Waals surface area contributed by atoms with Gasteiger partial charge in [0.05, 0.1) is 5.69 Å². The molecule has 11 heteroatoms. The molecular weight excluding hydrogens is 454 g/mol. The van der Waals surface area contributed by atoms with E-state index in [0.717, 1.165) is 5.56 Å². The van der Waals surface area contributed by atoms with Crippen molar-refractivity contribution in [2.75, 3.05) is 6.54 Å². The van der Waals surface area contributed by atoms with Gasteiger partial charge >= 0.3 is 0 Å². The monoisotopic (exact) mass is 487 g/mol. The Labute approximate surface area is 203 Å². The highest BCUT2D eigenvalue weighted by molar-refractivity contribution is 5.91. The van der Waals surface area contributed by atoms with Crippen molar-refractivity contribution in [1.82, 2.24) is 20.3 Å². The minimum atomic E-state index is -1.36. The number of primary amides is 1. The zero-order valence-corrected chi connectivity index (χ0v) is 20.0. The van der Waals surface area contributed by atoms with E-state index in [9.17, 15) is 24.6 Å². The molecule has 1 aliphatic heterocycles. The Hall–Kier alpha value is -3.15. The quantitative estimate of drug-likeness (QED) is 0.331. The van der Waals surface area contributed by atoms with Gasteiger partial charge in [-0.1, -0.05) is 55.8 Å². The molecule has 1 aromatic heterocycles. The Balaban J connectivity index is 1.69. The molecule has 2 heterocycles. The van der Waals surface area contributed by atoms with Crippen molar-refractivity contribution in [3.8, 4) is 0 Å². The second kappa shape index (κ2) is 12.0. The number of aliphatic hydroxyl groups excluding tert-OH is 2. The highest BCUT2D eigenvalue weighted by Gasteiger charge is 2.45. The van der Waals surface area contributed by atoms with Crippen molar-refractivity contribution >= 4 is 17.6 Å². The Morgan fingerprint density at radius 2 is 1.89 bits per heavy atom. The van der Waals surface area contributed by atoms with Crippen molar-refractivity contribution in [3.05, 3.63) is 47.3 Å². The number of benzene rings is 1. The van der Waals surface area contributed by atoms with Gasteiger partial charge in [-0.05, 0) is 18.4 Å². The number of Topliss-reactive ketones (excluding diaryl/α,β-unsaturated/α-hetero) is 1. The van der Waals surface area contributed by atoms with Gasteiger partial charge < -0.3 is 26.0 Å². The second-order valence-corrected chi connectivity index (χ2v) is 8.72. The molecule has 0 aliphatic carbocycles. The average molecular weight is 488 g/mol. The second-order valence-electron chi connectivity index (χ2n) is 8.72. The number of hydrogen-bond donors (Lipinski definition) is 4. The summed E-state index contributed by atoms with van der Waals surface area (Å²) in [7, 11) is 0. The first-order valence-corrected chi connectivity index (χ1v) is 11.9. The molecule has 1 aliphatic rings. The smallest absolute Gasteiger partial charge is 0.271 e. The number of nitrogens with one attached hydrogen (secondary N) is 1. The third-order valence-electron chi connectivity index (χ3n) is 6.13. The van der Waals surface area contributed by atoms with Crippen LogP contribution in [0, 0.1) is 5.92 Å². The standard InChI is InChI=1S/C24H33N5O6/c1-3-8-17-19(22(25)33)27-28-29(17)24-21(32)20(31)18(35-24)13-26-23(34)15(12-16(30)4-2)11-14-9-6-5-7-10-14/h5-7,9-10,15,18,20-21,24,31-32H,3-4,8,11-13H2,1-2H3,(H2,25,33)(H,26,34)/t15-,18-,20-,21-,24-/m1/s1. The third kappa shape index (κ3) is 6.30. The summed E-state index contributed by atoms with van der Waals surface area (Å²) < 4.78 is 7.09. The van der Waals surface area contributed by atoms with Gasteiger partial charge in [0.25, 0.3) is 5.91 Å². The molecule has 11 nitrogen and oxygen atoms in total. The predicted molar refractivity (Wildman–Crippen MR) is 125 cm³/mol. The summed E-state index contributed by atoms with van der Waals surface area (Å²) in [6.45, 7) is 3.57. The van der Waals surface area contributed by atoms with E-state index in [1.807, 2.05) is 37.3 Å². The van der Waals surface area contributed by atoms with Crippen molar-refractivity contribution < 1.29 is 29.3 Å². The molecule has 1 fully saturated rings. The highest BCUT2D eigenvalue weighted by Crippen LogP contribution is 2.30. The van der Waals surface area contributed by atoms with Crippen molar-refractivity contribution in [3.63, 3.8) is 0 Å². The largest absolute Gasteiger partial charge is 0.387 e. The molecule has 0 radical (unpaired) electrons. The van der Waals surface area contributed by atoms with Gasteiger partial charge in [0.2, 0.25) is 5.91 Å². The van der Waals surface area contributed by atoms with Crippen LogP contribution in [0.1, 0.15) is 61.1 Å². The predicted octanol–water partition coefficient (Wildman–Crippen LogP) is 0.293. The summed E-state index contributed by atoms with van der Waals surface area (Å²) in [5, 5.41) is 31.6. The van der Waals surface area contributed by atoms with Gasteiger partial charge in [0, 0.05) is 25.3 Å². The summed E-state index contributed by atoms with van der Waals surface area (Å²) in [4.78, 5) is 36.7. The number of nitrogens with two attached hydrogens (primary N) is 1. The summed E-state index contributed by atoms with van der Waals surface area (Å²) in [6, 6.07) is 9.42. The first-order chi connectivity index (χ1) is 16.8. The lowest BCUT2D eigenvalue weighted by atomic mass is 9.92. The lowest BCUT2D eigenvalue weighted by Gasteiger charge is -2.20. The highest BCUT2D eigenvalue weighted by atomic mass is 16.6. The fraction of sp³-hybridized carbons (Fsp3) is 0.542. The van der Waals surface area contributed by atoms with E-state index in [0.29, 0.717) is 31.4 Å². The number of amides is 2. The first-order valence-electron chi connectivity index (χ1n) is 11.9. The van der Waals surface area contributed by atoms with Gasteiger partial charge in [-0.2, -0.15) is 0 Å². The molecule has 0 saturated carbocycles. The summed E-state index contributed by atoms with van der Waals surface area (Å²) in [6.07, 6.45) is -2.80. The maximum absolute atomic E-state index is 13.0. The molecule has 0 bridgehead atoms. The SMILES string of the molecule is CCCc1c(C(N)=O)nnn1[C@@H]1O[C@H](CNC(=O)[C@@H](CC(=O)CC)Cc2ccccc2)[C@@H](O)[C@H]1O. The molecule has 190 valence electrons. The van der Waals surface area contributed by atoms with E-state index < -0.39 is 36.4 Å². The summed E-state index contributed by atoms with van der Waals surface area (Å²) in [5.41, 5.74) is 6.70. The Kier molecular flexibility index (Phi) is 9.07.